The van der Waals surface area contributed by atoms with Gasteiger partial charge < -0.3 is 11.5 Å². The minimum Gasteiger partial charge on any atom is -0.328 e. The van der Waals surface area contributed by atoms with Crippen LogP contribution in [0.2, 0.25) is 0 Å². The molecule has 0 aliphatic rings. The van der Waals surface area contributed by atoms with Gasteiger partial charge in [-0.1, -0.05) is 26.7 Å². The molecule has 0 saturated heterocycles. The van der Waals surface area contributed by atoms with E-state index in [0.717, 1.165) is 12.8 Å². The minimum absolute atomic E-state index is 0.426. The van der Waals surface area contributed by atoms with Crippen LogP contribution in [0.3, 0.4) is 0 Å². The summed E-state index contributed by atoms with van der Waals surface area (Å²) in [6, 6.07) is 0.853. The Kier molecular flexibility index (Phi) is 12.9. The molecule has 2 unspecified atom stereocenters. The van der Waals surface area contributed by atoms with Gasteiger partial charge in [0.25, 0.3) is 0 Å². The molecular weight excluding hydrogens is 228 g/mol. The Bertz CT molecular complexity index is 137. The van der Waals surface area contributed by atoms with Crippen molar-refractivity contribution < 1.29 is 0 Å². The fourth-order valence-electron chi connectivity index (χ4n) is 1.73. The van der Waals surface area contributed by atoms with Gasteiger partial charge in [-0.25, -0.2) is 0 Å². The summed E-state index contributed by atoms with van der Waals surface area (Å²) >= 11 is 2.09. The standard InChI is InChI=1S/C14H32N2S/c1-3-13(15)9-5-7-11-17-12-8-6-10-14(16)4-2/h13-14H,3-12,15-16H2,1-2H3. The van der Waals surface area contributed by atoms with E-state index < -0.39 is 0 Å². The van der Waals surface area contributed by atoms with Crippen molar-refractivity contribution in [2.75, 3.05) is 11.5 Å². The average Bonchev–Trinajstić information content (AvgIpc) is 2.35. The maximum absolute atomic E-state index is 5.88. The lowest BCUT2D eigenvalue weighted by atomic mass is 10.1. The fraction of sp³-hybridized carbons (Fsp3) is 1.00. The summed E-state index contributed by atoms with van der Waals surface area (Å²) < 4.78 is 0. The topological polar surface area (TPSA) is 52.0 Å². The van der Waals surface area contributed by atoms with Crippen molar-refractivity contribution in [2.24, 2.45) is 11.5 Å². The van der Waals surface area contributed by atoms with E-state index in [1.807, 2.05) is 0 Å². The van der Waals surface area contributed by atoms with Gasteiger partial charge in [-0.05, 0) is 50.0 Å². The highest BCUT2D eigenvalue weighted by molar-refractivity contribution is 7.99. The predicted octanol–water partition coefficient (Wildman–Crippen LogP) is 3.53. The molecule has 0 aromatic carbocycles. The third kappa shape index (κ3) is 12.5. The first-order chi connectivity index (χ1) is 8.20. The average molecular weight is 260 g/mol. The molecule has 0 rings (SSSR count). The Hall–Kier alpha value is 0.270. The molecule has 0 heterocycles. The van der Waals surface area contributed by atoms with E-state index in [2.05, 4.69) is 25.6 Å². The van der Waals surface area contributed by atoms with Crippen LogP contribution in [0, 0.1) is 0 Å². The van der Waals surface area contributed by atoms with Crippen molar-refractivity contribution in [3.8, 4) is 0 Å². The van der Waals surface area contributed by atoms with Crippen LogP contribution < -0.4 is 11.5 Å². The Morgan fingerprint density at radius 2 is 1.18 bits per heavy atom. The second kappa shape index (κ2) is 12.7. The van der Waals surface area contributed by atoms with E-state index in [-0.39, 0.29) is 0 Å². The summed E-state index contributed by atoms with van der Waals surface area (Å²) in [5, 5.41) is 0. The largest absolute Gasteiger partial charge is 0.328 e. The molecule has 0 aliphatic heterocycles. The molecule has 17 heavy (non-hydrogen) atoms. The highest BCUT2D eigenvalue weighted by Gasteiger charge is 2.00. The van der Waals surface area contributed by atoms with Crippen LogP contribution in [0.25, 0.3) is 0 Å². The van der Waals surface area contributed by atoms with E-state index in [9.17, 15) is 0 Å². The number of rotatable bonds is 12. The van der Waals surface area contributed by atoms with Crippen molar-refractivity contribution >= 4 is 11.8 Å². The summed E-state index contributed by atoms with van der Waals surface area (Å²) in [6.45, 7) is 4.33. The second-order valence-electron chi connectivity index (χ2n) is 4.94. The number of unbranched alkanes of at least 4 members (excludes halogenated alkanes) is 2. The first-order valence-electron chi connectivity index (χ1n) is 7.29. The van der Waals surface area contributed by atoms with Crippen LogP contribution in [-0.4, -0.2) is 23.6 Å². The van der Waals surface area contributed by atoms with Gasteiger partial charge in [-0.2, -0.15) is 11.8 Å². The molecule has 104 valence electrons. The number of hydrogen-bond acceptors (Lipinski definition) is 3. The summed E-state index contributed by atoms with van der Waals surface area (Å²) in [6.07, 6.45) is 9.87. The molecular formula is C14H32N2S. The first-order valence-corrected chi connectivity index (χ1v) is 8.45. The highest BCUT2D eigenvalue weighted by Crippen LogP contribution is 2.12. The third-order valence-corrected chi connectivity index (χ3v) is 4.43. The molecule has 0 radical (unpaired) electrons. The minimum atomic E-state index is 0.426. The number of thioether (sulfide) groups is 1. The fourth-order valence-corrected chi connectivity index (χ4v) is 2.75. The van der Waals surface area contributed by atoms with Crippen LogP contribution in [0.1, 0.15) is 65.2 Å². The van der Waals surface area contributed by atoms with Gasteiger partial charge in [0.2, 0.25) is 0 Å². The van der Waals surface area contributed by atoms with E-state index >= 15 is 0 Å². The lowest BCUT2D eigenvalue weighted by Gasteiger charge is -2.08. The van der Waals surface area contributed by atoms with Crippen molar-refractivity contribution in [1.29, 1.82) is 0 Å². The van der Waals surface area contributed by atoms with Crippen molar-refractivity contribution in [3.05, 3.63) is 0 Å². The first kappa shape index (κ1) is 17.3. The SMILES string of the molecule is CCC(N)CCCCSCCCCC(N)CC. The summed E-state index contributed by atoms with van der Waals surface area (Å²) in [4.78, 5) is 0. The van der Waals surface area contributed by atoms with Gasteiger partial charge in [-0.15, -0.1) is 0 Å². The third-order valence-electron chi connectivity index (χ3n) is 3.28. The Balaban J connectivity index is 3.04. The molecule has 0 saturated carbocycles. The van der Waals surface area contributed by atoms with E-state index in [4.69, 9.17) is 11.5 Å². The molecule has 2 atom stereocenters. The zero-order valence-electron chi connectivity index (χ0n) is 11.8. The van der Waals surface area contributed by atoms with Crippen LogP contribution >= 0.6 is 11.8 Å². The normalized spacial score (nSPS) is 14.8. The monoisotopic (exact) mass is 260 g/mol. The zero-order chi connectivity index (χ0) is 12.9. The van der Waals surface area contributed by atoms with E-state index in [1.165, 1.54) is 50.0 Å². The maximum Gasteiger partial charge on any atom is 0.00362 e. The zero-order valence-corrected chi connectivity index (χ0v) is 12.6. The quantitative estimate of drug-likeness (QED) is 0.528. The Labute approximate surface area is 112 Å². The van der Waals surface area contributed by atoms with Gasteiger partial charge in [0.15, 0.2) is 0 Å². The molecule has 0 spiro atoms. The van der Waals surface area contributed by atoms with Crippen LogP contribution in [0.5, 0.6) is 0 Å². The molecule has 0 bridgehead atoms. The molecule has 4 N–H and O–H groups in total. The van der Waals surface area contributed by atoms with Gasteiger partial charge in [-0.3, -0.25) is 0 Å². The molecule has 0 aliphatic carbocycles. The van der Waals surface area contributed by atoms with Crippen molar-refractivity contribution in [1.82, 2.24) is 0 Å². The van der Waals surface area contributed by atoms with Crippen LogP contribution in [0.15, 0.2) is 0 Å². The number of nitrogens with two attached hydrogens (primary N) is 2. The molecule has 2 nitrogen and oxygen atoms in total. The molecule has 0 fully saturated rings. The Morgan fingerprint density at radius 3 is 1.53 bits per heavy atom. The van der Waals surface area contributed by atoms with Crippen molar-refractivity contribution in [3.63, 3.8) is 0 Å². The van der Waals surface area contributed by atoms with Gasteiger partial charge in [0.1, 0.15) is 0 Å². The highest BCUT2D eigenvalue weighted by atomic mass is 32.2. The second-order valence-corrected chi connectivity index (χ2v) is 6.17. The Morgan fingerprint density at radius 1 is 0.765 bits per heavy atom. The lowest BCUT2D eigenvalue weighted by molar-refractivity contribution is 0.562. The lowest BCUT2D eigenvalue weighted by Crippen LogP contribution is -2.18. The molecule has 0 amide bonds. The molecule has 0 aromatic heterocycles. The number of hydrogen-bond donors (Lipinski definition) is 2. The molecule has 3 heteroatoms. The van der Waals surface area contributed by atoms with Gasteiger partial charge in [0, 0.05) is 12.1 Å². The smallest absolute Gasteiger partial charge is 0.00362 e. The van der Waals surface area contributed by atoms with E-state index in [1.54, 1.807) is 0 Å². The van der Waals surface area contributed by atoms with Gasteiger partial charge >= 0.3 is 0 Å². The van der Waals surface area contributed by atoms with Gasteiger partial charge in [0.05, 0.1) is 0 Å². The summed E-state index contributed by atoms with van der Waals surface area (Å²) in [7, 11) is 0. The van der Waals surface area contributed by atoms with E-state index in [0.29, 0.717) is 12.1 Å². The molecule has 0 aromatic rings. The van der Waals surface area contributed by atoms with Crippen molar-refractivity contribution in [2.45, 2.75) is 77.3 Å². The summed E-state index contributed by atoms with van der Waals surface area (Å²) in [5.74, 6) is 2.60. The predicted molar refractivity (Wildman–Crippen MR) is 81.6 cm³/mol. The maximum atomic E-state index is 5.88. The van der Waals surface area contributed by atoms with Crippen LogP contribution in [0.4, 0.5) is 0 Å². The van der Waals surface area contributed by atoms with Crippen LogP contribution in [-0.2, 0) is 0 Å². The summed E-state index contributed by atoms with van der Waals surface area (Å²) in [5.41, 5.74) is 11.8.